The highest BCUT2D eigenvalue weighted by molar-refractivity contribution is 7.13. The van der Waals surface area contributed by atoms with E-state index >= 15 is 0 Å². The number of rotatable bonds is 7. The van der Waals surface area contributed by atoms with Gasteiger partial charge in [0.15, 0.2) is 17.2 Å². The summed E-state index contributed by atoms with van der Waals surface area (Å²) in [5.41, 5.74) is 1.24. The summed E-state index contributed by atoms with van der Waals surface area (Å²) in [5, 5.41) is 7.71. The third-order valence-corrected chi connectivity index (χ3v) is 5.97. The van der Waals surface area contributed by atoms with Crippen LogP contribution < -0.4 is 15.0 Å². The van der Waals surface area contributed by atoms with Gasteiger partial charge in [-0.15, -0.1) is 11.3 Å². The Morgan fingerprint density at radius 3 is 2.52 bits per heavy atom. The summed E-state index contributed by atoms with van der Waals surface area (Å²) in [6, 6.07) is 12.3. The molecule has 0 aliphatic heterocycles. The summed E-state index contributed by atoms with van der Waals surface area (Å²) in [7, 11) is 3.15. The molecule has 33 heavy (non-hydrogen) atoms. The number of thiazole rings is 1. The first-order chi connectivity index (χ1) is 15.9. The van der Waals surface area contributed by atoms with Gasteiger partial charge in [-0.3, -0.25) is 4.79 Å². The van der Waals surface area contributed by atoms with Gasteiger partial charge in [-0.25, -0.2) is 14.5 Å². The quantitative estimate of drug-likeness (QED) is 0.372. The molecule has 0 N–H and O–H groups in total. The molecule has 0 saturated carbocycles. The normalized spacial score (nSPS) is 11.1. The van der Waals surface area contributed by atoms with Crippen molar-refractivity contribution in [3.8, 4) is 22.1 Å². The smallest absolute Gasteiger partial charge is 0.359 e. The highest BCUT2D eigenvalue weighted by atomic mass is 32.1. The van der Waals surface area contributed by atoms with Gasteiger partial charge in [-0.1, -0.05) is 24.3 Å². The van der Waals surface area contributed by atoms with E-state index < -0.39 is 5.97 Å². The zero-order valence-electron chi connectivity index (χ0n) is 18.7. The molecule has 0 spiro atoms. The first kappa shape index (κ1) is 22.5. The van der Waals surface area contributed by atoms with Crippen LogP contribution in [0.3, 0.4) is 0 Å². The lowest BCUT2D eigenvalue weighted by Crippen LogP contribution is -2.27. The van der Waals surface area contributed by atoms with Gasteiger partial charge in [0, 0.05) is 10.8 Å². The van der Waals surface area contributed by atoms with E-state index in [0.717, 1.165) is 5.56 Å². The molecule has 2 aromatic heterocycles. The topological polar surface area (TPSA) is 92.5 Å². The van der Waals surface area contributed by atoms with Gasteiger partial charge in [0.2, 0.25) is 0 Å². The zero-order chi connectivity index (χ0) is 23.5. The van der Waals surface area contributed by atoms with Gasteiger partial charge in [0.1, 0.15) is 11.6 Å². The van der Waals surface area contributed by atoms with Gasteiger partial charge in [-0.05, 0) is 32.0 Å². The maximum Gasteiger partial charge on any atom is 0.359 e. The van der Waals surface area contributed by atoms with Gasteiger partial charge in [-0.2, -0.15) is 5.10 Å². The predicted octanol–water partition coefficient (Wildman–Crippen LogP) is 4.48. The van der Waals surface area contributed by atoms with Crippen molar-refractivity contribution in [1.29, 1.82) is 0 Å². The second-order valence-electron chi connectivity index (χ2n) is 7.50. The number of para-hydroxylation sites is 1. The Bertz CT molecular complexity index is 1380. The van der Waals surface area contributed by atoms with Gasteiger partial charge >= 0.3 is 5.97 Å². The number of nitrogens with zero attached hydrogens (tertiary/aromatic N) is 3. The zero-order valence-corrected chi connectivity index (χ0v) is 19.5. The lowest BCUT2D eigenvalue weighted by atomic mass is 10.1. The molecular formula is C24H23N3O5S. The molecule has 0 unspecified atom stereocenters. The maximum absolute atomic E-state index is 12.9. The second-order valence-corrected chi connectivity index (χ2v) is 8.36. The van der Waals surface area contributed by atoms with Crippen LogP contribution in [0.2, 0.25) is 0 Å². The molecule has 8 nitrogen and oxygen atoms in total. The molecule has 0 radical (unpaired) electrons. The molecule has 0 atom stereocenters. The Morgan fingerprint density at radius 2 is 1.82 bits per heavy atom. The number of hydrogen-bond donors (Lipinski definition) is 0. The minimum absolute atomic E-state index is 0.0293. The van der Waals surface area contributed by atoms with Crippen LogP contribution >= 0.6 is 11.3 Å². The summed E-state index contributed by atoms with van der Waals surface area (Å²) in [5.74, 6) is 0.579. The van der Waals surface area contributed by atoms with E-state index in [2.05, 4.69) is 10.1 Å². The van der Waals surface area contributed by atoms with Crippen molar-refractivity contribution in [3.63, 3.8) is 0 Å². The molecule has 0 aliphatic rings. The fourth-order valence-electron chi connectivity index (χ4n) is 3.47. The molecule has 0 bridgehead atoms. The number of methoxy groups -OCH3 is 2. The first-order valence-corrected chi connectivity index (χ1v) is 11.2. The minimum Gasteiger partial charge on any atom is -0.493 e. The van der Waals surface area contributed by atoms with Crippen molar-refractivity contribution in [2.45, 2.75) is 26.5 Å². The number of benzene rings is 2. The van der Waals surface area contributed by atoms with Crippen LogP contribution in [-0.4, -0.2) is 35.0 Å². The van der Waals surface area contributed by atoms with Crippen LogP contribution in [-0.2, 0) is 11.3 Å². The molecule has 0 saturated heterocycles. The monoisotopic (exact) mass is 465 g/mol. The summed E-state index contributed by atoms with van der Waals surface area (Å²) >= 11 is 1.41. The summed E-state index contributed by atoms with van der Waals surface area (Å²) in [4.78, 5) is 30.2. The number of hydrogen-bond acceptors (Lipinski definition) is 8. The molecule has 2 heterocycles. The van der Waals surface area contributed by atoms with Crippen LogP contribution in [0.5, 0.6) is 11.5 Å². The molecule has 0 amide bonds. The van der Waals surface area contributed by atoms with Crippen molar-refractivity contribution in [3.05, 3.63) is 69.6 Å². The Morgan fingerprint density at radius 1 is 1.06 bits per heavy atom. The van der Waals surface area contributed by atoms with Crippen molar-refractivity contribution in [2.24, 2.45) is 0 Å². The fraction of sp³-hybridized carbons (Fsp3) is 0.250. The van der Waals surface area contributed by atoms with Crippen molar-refractivity contribution >= 4 is 28.1 Å². The third-order valence-electron chi connectivity index (χ3n) is 5.05. The van der Waals surface area contributed by atoms with E-state index in [4.69, 9.17) is 14.2 Å². The van der Waals surface area contributed by atoms with E-state index in [1.54, 1.807) is 38.5 Å². The summed E-state index contributed by atoms with van der Waals surface area (Å²) in [6.45, 7) is 3.64. The number of fused-ring (bicyclic) bond motifs is 1. The highest BCUT2D eigenvalue weighted by Gasteiger charge is 2.20. The van der Waals surface area contributed by atoms with Crippen molar-refractivity contribution in [1.82, 2.24) is 14.8 Å². The van der Waals surface area contributed by atoms with E-state index in [9.17, 15) is 9.59 Å². The molecule has 170 valence electrons. The minimum atomic E-state index is -0.617. The van der Waals surface area contributed by atoms with Crippen LogP contribution in [0.1, 0.15) is 36.1 Å². The average molecular weight is 466 g/mol. The fourth-order valence-corrected chi connectivity index (χ4v) is 4.29. The first-order valence-electron chi connectivity index (χ1n) is 10.3. The number of ether oxygens (including phenoxy) is 3. The van der Waals surface area contributed by atoms with Gasteiger partial charge in [0.05, 0.1) is 36.9 Å². The Balaban J connectivity index is 1.59. The molecule has 0 fully saturated rings. The molecule has 4 aromatic rings. The Labute approximate surface area is 194 Å². The average Bonchev–Trinajstić information content (AvgIpc) is 3.31. The predicted molar refractivity (Wildman–Crippen MR) is 126 cm³/mol. The van der Waals surface area contributed by atoms with Crippen molar-refractivity contribution < 1.29 is 19.0 Å². The maximum atomic E-state index is 12.9. The summed E-state index contributed by atoms with van der Waals surface area (Å²) in [6.07, 6.45) is 0. The molecule has 0 aliphatic carbocycles. The van der Waals surface area contributed by atoms with Crippen LogP contribution in [0.4, 0.5) is 0 Å². The Kier molecular flexibility index (Phi) is 6.41. The molecule has 4 rings (SSSR count). The lowest BCUT2D eigenvalue weighted by Gasteiger charge is -2.12. The Hall–Kier alpha value is -3.72. The highest BCUT2D eigenvalue weighted by Crippen LogP contribution is 2.39. The number of carbonyl (C=O) groups is 1. The van der Waals surface area contributed by atoms with Crippen LogP contribution in [0, 0.1) is 0 Å². The third kappa shape index (κ3) is 4.31. The van der Waals surface area contributed by atoms with E-state index in [1.807, 2.05) is 37.4 Å². The lowest BCUT2D eigenvalue weighted by molar-refractivity contribution is 0.0461. The molecule has 2 aromatic carbocycles. The number of aromatic nitrogens is 3. The number of esters is 1. The SMILES string of the molecule is COc1cccc(-c2nc(COC(=O)c3nn(C(C)C)c(=O)c4ccccc34)cs2)c1OC. The standard InChI is InChI=1S/C24H23N3O5S/c1-14(2)27-23(28)17-9-6-5-8-16(17)20(26-27)24(29)32-12-15-13-33-22(25-15)18-10-7-11-19(30-3)21(18)31-4/h5-11,13-14H,12H2,1-4H3. The van der Waals surface area contributed by atoms with E-state index in [1.165, 1.54) is 16.0 Å². The van der Waals surface area contributed by atoms with Gasteiger partial charge < -0.3 is 14.2 Å². The summed E-state index contributed by atoms with van der Waals surface area (Å²) < 4.78 is 17.7. The van der Waals surface area contributed by atoms with Crippen LogP contribution in [0.15, 0.2) is 52.6 Å². The van der Waals surface area contributed by atoms with E-state index in [0.29, 0.717) is 33.0 Å². The number of carbonyl (C=O) groups excluding carboxylic acids is 1. The van der Waals surface area contributed by atoms with Crippen molar-refractivity contribution in [2.75, 3.05) is 14.2 Å². The van der Waals surface area contributed by atoms with Crippen LogP contribution in [0.25, 0.3) is 21.3 Å². The van der Waals surface area contributed by atoms with Gasteiger partial charge in [0.25, 0.3) is 5.56 Å². The molecular weight excluding hydrogens is 442 g/mol. The second kappa shape index (κ2) is 9.41. The molecule has 9 heteroatoms. The van der Waals surface area contributed by atoms with E-state index in [-0.39, 0.29) is 23.9 Å². The largest absolute Gasteiger partial charge is 0.493 e.